The van der Waals surface area contributed by atoms with Gasteiger partial charge in [0, 0.05) is 4.75 Å². The Balaban J connectivity index is 2.09. The van der Waals surface area contributed by atoms with Crippen LogP contribution in [0.1, 0.15) is 81.6 Å². The van der Waals surface area contributed by atoms with Crippen molar-refractivity contribution in [1.29, 1.82) is 0 Å². The maximum Gasteiger partial charge on any atom is 0.200 e. The fraction of sp³-hybridized carbons (Fsp3) is 0.955. The lowest BCUT2D eigenvalue weighted by molar-refractivity contribution is -0.136. The highest BCUT2D eigenvalue weighted by molar-refractivity contribution is 8.01. The van der Waals surface area contributed by atoms with Crippen molar-refractivity contribution in [3.8, 4) is 0 Å². The molecule has 158 valence electrons. The van der Waals surface area contributed by atoms with Gasteiger partial charge in [0.15, 0.2) is 11.2 Å². The third-order valence-corrected chi connectivity index (χ3v) is 14.6. The zero-order valence-electron chi connectivity index (χ0n) is 19.0. The smallest absolute Gasteiger partial charge is 0.200 e. The molecule has 1 aliphatic carbocycles. The van der Waals surface area contributed by atoms with Crippen LogP contribution in [0, 0.1) is 11.8 Å². The van der Waals surface area contributed by atoms with E-state index in [1.807, 2.05) is 0 Å². The monoisotopic (exact) mass is 414 g/mol. The zero-order valence-corrected chi connectivity index (χ0v) is 20.8. The van der Waals surface area contributed by atoms with Crippen LogP contribution in [0.2, 0.25) is 16.6 Å². The number of ketones is 1. The number of carbonyl (C=O) groups excluding carboxylic acids is 1. The van der Waals surface area contributed by atoms with Crippen molar-refractivity contribution in [2.45, 2.75) is 114 Å². The number of thioether (sulfide) groups is 1. The minimum absolute atomic E-state index is 0.0893. The van der Waals surface area contributed by atoms with E-state index in [-0.39, 0.29) is 28.7 Å². The molecule has 27 heavy (non-hydrogen) atoms. The molecule has 0 amide bonds. The van der Waals surface area contributed by atoms with Crippen molar-refractivity contribution >= 4 is 25.9 Å². The molecule has 0 aromatic heterocycles. The number of fused-ring (bicyclic) bond motifs is 1. The Hall–Kier alpha value is 0.157. The van der Waals surface area contributed by atoms with Gasteiger partial charge in [-0.15, -0.1) is 11.8 Å². The Kier molecular flexibility index (Phi) is 7.71. The van der Waals surface area contributed by atoms with Crippen molar-refractivity contribution in [3.63, 3.8) is 0 Å². The van der Waals surface area contributed by atoms with Crippen molar-refractivity contribution in [3.05, 3.63) is 0 Å². The minimum Gasteiger partial charge on any atom is -0.409 e. The van der Waals surface area contributed by atoms with Crippen LogP contribution in [-0.2, 0) is 14.0 Å². The van der Waals surface area contributed by atoms with Gasteiger partial charge in [0.2, 0.25) is 8.32 Å². The van der Waals surface area contributed by atoms with E-state index in [1.54, 1.807) is 11.8 Å². The highest BCUT2D eigenvalue weighted by atomic mass is 32.2. The first-order valence-electron chi connectivity index (χ1n) is 10.9. The minimum atomic E-state index is -2.02. The summed E-state index contributed by atoms with van der Waals surface area (Å²) >= 11 is 1.72. The second kappa shape index (κ2) is 8.89. The van der Waals surface area contributed by atoms with Crippen LogP contribution in [0.5, 0.6) is 0 Å². The molecule has 2 aliphatic rings. The third-order valence-electron chi connectivity index (χ3n) is 7.09. The number of ether oxygens (including phenoxy) is 1. The van der Waals surface area contributed by atoms with E-state index in [2.05, 4.69) is 62.3 Å². The van der Waals surface area contributed by atoms with E-state index in [4.69, 9.17) is 9.16 Å². The Morgan fingerprint density at radius 3 is 2.19 bits per heavy atom. The lowest BCUT2D eigenvalue weighted by Gasteiger charge is -2.50. The van der Waals surface area contributed by atoms with Gasteiger partial charge in [-0.1, -0.05) is 68.7 Å². The lowest BCUT2D eigenvalue weighted by Crippen LogP contribution is -2.53. The fourth-order valence-corrected chi connectivity index (χ4v) is 12.5. The summed E-state index contributed by atoms with van der Waals surface area (Å²) in [4.78, 5) is 13.1. The first-order valence-corrected chi connectivity index (χ1v) is 13.9. The first kappa shape index (κ1) is 23.4. The zero-order chi connectivity index (χ0) is 20.6. The van der Waals surface area contributed by atoms with Crippen LogP contribution >= 0.6 is 11.8 Å². The number of carbonyl (C=O) groups is 1. The number of hydrogen-bond donors (Lipinski definition) is 0. The Bertz CT molecular complexity index is 496. The summed E-state index contributed by atoms with van der Waals surface area (Å²) in [5, 5.41) is 0. The van der Waals surface area contributed by atoms with Crippen molar-refractivity contribution in [1.82, 2.24) is 0 Å². The predicted octanol–water partition coefficient (Wildman–Crippen LogP) is 6.42. The molecule has 0 aromatic rings. The topological polar surface area (TPSA) is 35.5 Å². The van der Waals surface area contributed by atoms with Crippen LogP contribution in [0.3, 0.4) is 0 Å². The summed E-state index contributed by atoms with van der Waals surface area (Å²) in [6.45, 7) is 20.7. The van der Waals surface area contributed by atoms with Gasteiger partial charge in [0.05, 0.1) is 12.7 Å². The molecule has 5 heteroatoms. The van der Waals surface area contributed by atoms with Gasteiger partial charge in [-0.05, 0) is 41.3 Å². The molecular weight excluding hydrogens is 372 g/mol. The summed E-state index contributed by atoms with van der Waals surface area (Å²) in [7, 11) is -2.02. The molecule has 0 N–H and O–H groups in total. The summed E-state index contributed by atoms with van der Waals surface area (Å²) in [6, 6.07) is 0. The van der Waals surface area contributed by atoms with Crippen LogP contribution in [0.4, 0.5) is 0 Å². The fourth-order valence-electron chi connectivity index (χ4n) is 5.73. The van der Waals surface area contributed by atoms with Crippen molar-refractivity contribution < 1.29 is 14.0 Å². The highest BCUT2D eigenvalue weighted by Crippen LogP contribution is 2.50. The van der Waals surface area contributed by atoms with Gasteiger partial charge in [0.1, 0.15) is 0 Å². The molecule has 2 rings (SSSR count). The SMILES string of the molecule is CC(C)[Si](OCC(=O)[C@@H]1O[C@@H]2C[C@H](C)CC[C@@H]2C(C)(C)S1)(C(C)C)C(C)C. The molecule has 1 aliphatic heterocycles. The van der Waals surface area contributed by atoms with Gasteiger partial charge < -0.3 is 9.16 Å². The van der Waals surface area contributed by atoms with Crippen LogP contribution in [-0.4, -0.2) is 37.0 Å². The maximum atomic E-state index is 13.1. The molecule has 1 saturated heterocycles. The summed E-state index contributed by atoms with van der Waals surface area (Å²) in [5.41, 5.74) is 1.10. The molecule has 0 aromatic carbocycles. The normalized spacial score (nSPS) is 31.4. The molecule has 4 atom stereocenters. The Labute approximate surface area is 172 Å². The van der Waals surface area contributed by atoms with Gasteiger partial charge in [-0.3, -0.25) is 4.79 Å². The largest absolute Gasteiger partial charge is 0.409 e. The molecule has 0 unspecified atom stereocenters. The van der Waals surface area contributed by atoms with E-state index in [9.17, 15) is 4.79 Å². The van der Waals surface area contributed by atoms with Gasteiger partial charge in [-0.2, -0.15) is 0 Å². The number of rotatable bonds is 7. The molecule has 2 fully saturated rings. The number of hydrogen-bond acceptors (Lipinski definition) is 4. The summed E-state index contributed by atoms with van der Waals surface area (Å²) < 4.78 is 13.0. The average molecular weight is 415 g/mol. The first-order chi connectivity index (χ1) is 12.4. The second-order valence-corrected chi connectivity index (χ2v) is 17.5. The van der Waals surface area contributed by atoms with Crippen molar-refractivity contribution in [2.24, 2.45) is 11.8 Å². The molecule has 1 saturated carbocycles. The van der Waals surface area contributed by atoms with E-state index in [1.165, 1.54) is 12.8 Å². The summed E-state index contributed by atoms with van der Waals surface area (Å²) in [6.07, 6.45) is 3.80. The lowest BCUT2D eigenvalue weighted by atomic mass is 9.75. The summed E-state index contributed by atoms with van der Waals surface area (Å²) in [5.74, 6) is 1.38. The van der Waals surface area contributed by atoms with Crippen LogP contribution < -0.4 is 0 Å². The standard InChI is InChI=1S/C22H42O3SSi/c1-14(2)27(15(3)4,16(5)6)24-13-19(23)21-25-20-12-17(7)10-11-18(20)22(8,9)26-21/h14-18,20-21H,10-13H2,1-9H3/t17-,18+,20-,21-/m1/s1. The maximum absolute atomic E-state index is 13.1. The quantitative estimate of drug-likeness (QED) is 0.450. The Morgan fingerprint density at radius 1 is 1.11 bits per heavy atom. The van der Waals surface area contributed by atoms with Gasteiger partial charge >= 0.3 is 0 Å². The molecule has 0 spiro atoms. The average Bonchev–Trinajstić information content (AvgIpc) is 2.52. The predicted molar refractivity (Wildman–Crippen MR) is 119 cm³/mol. The number of Topliss-reactive ketones (excluding diaryl/α,β-unsaturated/α-hetero) is 1. The van der Waals surface area contributed by atoms with Crippen LogP contribution in [0.15, 0.2) is 0 Å². The highest BCUT2D eigenvalue weighted by Gasteiger charge is 2.49. The van der Waals surface area contributed by atoms with E-state index >= 15 is 0 Å². The van der Waals surface area contributed by atoms with E-state index in [0.717, 1.165) is 6.42 Å². The third kappa shape index (κ3) is 4.84. The molecular formula is C22H42O3SSi. The van der Waals surface area contributed by atoms with Crippen LogP contribution in [0.25, 0.3) is 0 Å². The molecule has 3 nitrogen and oxygen atoms in total. The molecule has 0 bridgehead atoms. The Morgan fingerprint density at radius 2 is 1.67 bits per heavy atom. The van der Waals surface area contributed by atoms with Gasteiger partial charge in [0.25, 0.3) is 0 Å². The van der Waals surface area contributed by atoms with Crippen molar-refractivity contribution in [2.75, 3.05) is 6.61 Å². The van der Waals surface area contributed by atoms with E-state index in [0.29, 0.717) is 28.5 Å². The van der Waals surface area contributed by atoms with E-state index < -0.39 is 8.32 Å². The molecule has 1 heterocycles. The molecule has 0 radical (unpaired) electrons. The van der Waals surface area contributed by atoms with Gasteiger partial charge in [-0.25, -0.2) is 0 Å². The second-order valence-electron chi connectivity index (χ2n) is 10.3.